The van der Waals surface area contributed by atoms with Crippen LogP contribution in [0.1, 0.15) is 38.2 Å². The summed E-state index contributed by atoms with van der Waals surface area (Å²) in [5, 5.41) is 6.79. The summed E-state index contributed by atoms with van der Waals surface area (Å²) >= 11 is 0. The average Bonchev–Trinajstić information content (AvgIpc) is 3.13. The molecule has 3 rings (SSSR count). The predicted molar refractivity (Wildman–Crippen MR) is 110 cm³/mol. The molecule has 1 aromatic rings. The standard InChI is InChI=1S/C19H29N3O.HI/c1-2-20-18(21-14-17-9-6-12-23-17)22-15-19(10-11-19)13-16-7-4-3-5-8-16;/h3-5,7-8,17H,2,6,9-15H2,1H3,(H2,20,21,22);1H. The van der Waals surface area contributed by atoms with Crippen LogP contribution in [0.15, 0.2) is 35.3 Å². The third kappa shape index (κ3) is 5.92. The summed E-state index contributed by atoms with van der Waals surface area (Å²) in [4.78, 5) is 4.84. The molecular formula is C19H30IN3O. The third-order valence-electron chi connectivity index (χ3n) is 4.82. The van der Waals surface area contributed by atoms with E-state index in [0.29, 0.717) is 11.5 Å². The van der Waals surface area contributed by atoms with Gasteiger partial charge in [0.2, 0.25) is 0 Å². The molecule has 134 valence electrons. The van der Waals surface area contributed by atoms with Gasteiger partial charge in [0.1, 0.15) is 0 Å². The molecule has 2 fully saturated rings. The molecule has 4 nitrogen and oxygen atoms in total. The Morgan fingerprint density at radius 3 is 2.67 bits per heavy atom. The number of halogens is 1. The topological polar surface area (TPSA) is 45.7 Å². The van der Waals surface area contributed by atoms with Crippen LogP contribution in [0.2, 0.25) is 0 Å². The zero-order valence-corrected chi connectivity index (χ0v) is 16.9. The predicted octanol–water partition coefficient (Wildman–Crippen LogP) is 3.36. The first-order valence-electron chi connectivity index (χ1n) is 8.97. The van der Waals surface area contributed by atoms with E-state index in [4.69, 9.17) is 9.73 Å². The fourth-order valence-electron chi connectivity index (χ4n) is 3.20. The van der Waals surface area contributed by atoms with Crippen LogP contribution >= 0.6 is 24.0 Å². The molecule has 1 aliphatic heterocycles. The summed E-state index contributed by atoms with van der Waals surface area (Å²) < 4.78 is 5.67. The first-order chi connectivity index (χ1) is 11.3. The largest absolute Gasteiger partial charge is 0.376 e. The molecular weight excluding hydrogens is 413 g/mol. The fraction of sp³-hybridized carbons (Fsp3) is 0.632. The summed E-state index contributed by atoms with van der Waals surface area (Å²) in [7, 11) is 0. The van der Waals surface area contributed by atoms with Gasteiger partial charge in [-0.15, -0.1) is 24.0 Å². The van der Waals surface area contributed by atoms with Gasteiger partial charge in [-0.3, -0.25) is 4.99 Å². The van der Waals surface area contributed by atoms with E-state index in [0.717, 1.165) is 45.0 Å². The number of nitrogens with zero attached hydrogens (tertiary/aromatic N) is 1. The van der Waals surface area contributed by atoms with Gasteiger partial charge in [-0.1, -0.05) is 30.3 Å². The van der Waals surface area contributed by atoms with E-state index in [1.165, 1.54) is 24.8 Å². The number of nitrogens with one attached hydrogen (secondary N) is 2. The molecule has 1 atom stereocenters. The minimum Gasteiger partial charge on any atom is -0.376 e. The van der Waals surface area contributed by atoms with Crippen LogP contribution in [0.3, 0.4) is 0 Å². The number of guanidine groups is 1. The SMILES string of the molecule is CCNC(=NCC1(Cc2ccccc2)CC1)NCC1CCCO1.I. The second-order valence-corrected chi connectivity index (χ2v) is 6.87. The lowest BCUT2D eigenvalue weighted by Gasteiger charge is -2.17. The molecule has 0 bridgehead atoms. The molecule has 1 saturated carbocycles. The summed E-state index contributed by atoms with van der Waals surface area (Å²) in [6.45, 7) is 5.67. The number of rotatable bonds is 7. The Labute approximate surface area is 162 Å². The third-order valence-corrected chi connectivity index (χ3v) is 4.82. The Kier molecular flexibility index (Phi) is 7.81. The Morgan fingerprint density at radius 1 is 1.25 bits per heavy atom. The van der Waals surface area contributed by atoms with Gasteiger partial charge < -0.3 is 15.4 Å². The summed E-state index contributed by atoms with van der Waals surface area (Å²) in [6, 6.07) is 10.8. The van der Waals surface area contributed by atoms with Crippen molar-refractivity contribution in [2.75, 3.05) is 26.2 Å². The second kappa shape index (κ2) is 9.61. The Balaban J connectivity index is 0.00000208. The maximum atomic E-state index is 5.67. The molecule has 2 aliphatic rings. The highest BCUT2D eigenvalue weighted by molar-refractivity contribution is 14.0. The van der Waals surface area contributed by atoms with E-state index >= 15 is 0 Å². The molecule has 2 N–H and O–H groups in total. The average molecular weight is 443 g/mol. The lowest BCUT2D eigenvalue weighted by Crippen LogP contribution is -2.41. The normalized spacial score (nSPS) is 21.9. The smallest absolute Gasteiger partial charge is 0.191 e. The van der Waals surface area contributed by atoms with Gasteiger partial charge in [-0.25, -0.2) is 0 Å². The molecule has 0 amide bonds. The number of aliphatic imine (C=N–C) groups is 1. The van der Waals surface area contributed by atoms with Gasteiger partial charge in [0.15, 0.2) is 5.96 Å². The maximum absolute atomic E-state index is 5.67. The van der Waals surface area contributed by atoms with E-state index in [1.807, 2.05) is 0 Å². The van der Waals surface area contributed by atoms with Crippen LogP contribution in [-0.4, -0.2) is 38.3 Å². The van der Waals surface area contributed by atoms with Crippen molar-refractivity contribution in [1.29, 1.82) is 0 Å². The lowest BCUT2D eigenvalue weighted by atomic mass is 9.97. The van der Waals surface area contributed by atoms with Crippen LogP contribution < -0.4 is 10.6 Å². The van der Waals surface area contributed by atoms with E-state index in [1.54, 1.807) is 0 Å². The number of ether oxygens (including phenoxy) is 1. The maximum Gasteiger partial charge on any atom is 0.191 e. The molecule has 1 aromatic carbocycles. The monoisotopic (exact) mass is 443 g/mol. The summed E-state index contributed by atoms with van der Waals surface area (Å²) in [6.07, 6.45) is 6.40. The highest BCUT2D eigenvalue weighted by Gasteiger charge is 2.42. The van der Waals surface area contributed by atoms with Crippen molar-refractivity contribution in [1.82, 2.24) is 10.6 Å². The fourth-order valence-corrected chi connectivity index (χ4v) is 3.20. The molecule has 0 spiro atoms. The van der Waals surface area contributed by atoms with Crippen molar-refractivity contribution >= 4 is 29.9 Å². The highest BCUT2D eigenvalue weighted by Crippen LogP contribution is 2.48. The van der Waals surface area contributed by atoms with Gasteiger partial charge in [-0.2, -0.15) is 0 Å². The van der Waals surface area contributed by atoms with Gasteiger partial charge in [0.05, 0.1) is 6.10 Å². The minimum absolute atomic E-state index is 0. The molecule has 24 heavy (non-hydrogen) atoms. The van der Waals surface area contributed by atoms with Crippen molar-refractivity contribution in [3.8, 4) is 0 Å². The molecule has 1 heterocycles. The van der Waals surface area contributed by atoms with Crippen molar-refractivity contribution in [2.45, 2.75) is 45.1 Å². The first kappa shape index (κ1) is 19.5. The zero-order valence-electron chi connectivity index (χ0n) is 14.6. The molecule has 0 aromatic heterocycles. The Bertz CT molecular complexity index is 511. The van der Waals surface area contributed by atoms with E-state index in [2.05, 4.69) is 47.9 Å². The van der Waals surface area contributed by atoms with Gasteiger partial charge in [-0.05, 0) is 50.0 Å². The zero-order chi connectivity index (χ0) is 16.0. The van der Waals surface area contributed by atoms with Gasteiger partial charge in [0, 0.05) is 26.2 Å². The number of benzene rings is 1. The molecule has 1 unspecified atom stereocenters. The molecule has 0 radical (unpaired) electrons. The molecule has 5 heteroatoms. The van der Waals surface area contributed by atoms with E-state index in [9.17, 15) is 0 Å². The van der Waals surface area contributed by atoms with Crippen LogP contribution in [-0.2, 0) is 11.2 Å². The van der Waals surface area contributed by atoms with Crippen LogP contribution in [0.4, 0.5) is 0 Å². The van der Waals surface area contributed by atoms with Crippen molar-refractivity contribution < 1.29 is 4.74 Å². The number of hydrogen-bond donors (Lipinski definition) is 2. The van der Waals surface area contributed by atoms with Crippen LogP contribution in [0.5, 0.6) is 0 Å². The number of hydrogen-bond acceptors (Lipinski definition) is 2. The van der Waals surface area contributed by atoms with Crippen LogP contribution in [0.25, 0.3) is 0 Å². The minimum atomic E-state index is 0. The Hall–Kier alpha value is -0.820. The van der Waals surface area contributed by atoms with Crippen molar-refractivity contribution in [3.05, 3.63) is 35.9 Å². The van der Waals surface area contributed by atoms with Gasteiger partial charge >= 0.3 is 0 Å². The highest BCUT2D eigenvalue weighted by atomic mass is 127. The second-order valence-electron chi connectivity index (χ2n) is 6.87. The lowest BCUT2D eigenvalue weighted by molar-refractivity contribution is 0.114. The summed E-state index contributed by atoms with van der Waals surface area (Å²) in [5.41, 5.74) is 1.81. The molecule has 1 aliphatic carbocycles. The first-order valence-corrected chi connectivity index (χ1v) is 8.97. The van der Waals surface area contributed by atoms with E-state index < -0.39 is 0 Å². The van der Waals surface area contributed by atoms with Gasteiger partial charge in [0.25, 0.3) is 0 Å². The summed E-state index contributed by atoms with van der Waals surface area (Å²) in [5.74, 6) is 0.933. The Morgan fingerprint density at radius 2 is 2.04 bits per heavy atom. The van der Waals surface area contributed by atoms with Crippen molar-refractivity contribution in [2.24, 2.45) is 10.4 Å². The van der Waals surface area contributed by atoms with Crippen LogP contribution in [0, 0.1) is 5.41 Å². The van der Waals surface area contributed by atoms with E-state index in [-0.39, 0.29) is 24.0 Å². The molecule has 1 saturated heterocycles. The van der Waals surface area contributed by atoms with Crippen molar-refractivity contribution in [3.63, 3.8) is 0 Å². The quantitative estimate of drug-likeness (QED) is 0.386.